The second kappa shape index (κ2) is 8.93. The zero-order chi connectivity index (χ0) is 21.0. The lowest BCUT2D eigenvalue weighted by Gasteiger charge is -2.10. The van der Waals surface area contributed by atoms with Gasteiger partial charge < -0.3 is 9.47 Å². The summed E-state index contributed by atoms with van der Waals surface area (Å²) in [6.07, 6.45) is 1.02. The van der Waals surface area contributed by atoms with E-state index < -0.39 is 16.0 Å². The van der Waals surface area contributed by atoms with Crippen LogP contribution < -0.4 is 9.46 Å². The maximum atomic E-state index is 12.4. The van der Waals surface area contributed by atoms with Crippen molar-refractivity contribution in [3.8, 4) is 16.3 Å². The Morgan fingerprint density at radius 1 is 1.24 bits per heavy atom. The molecule has 1 heterocycles. The second-order valence-electron chi connectivity index (χ2n) is 5.98. The van der Waals surface area contributed by atoms with Crippen molar-refractivity contribution in [1.82, 2.24) is 4.98 Å². The van der Waals surface area contributed by atoms with Crippen molar-refractivity contribution in [1.29, 1.82) is 0 Å². The summed E-state index contributed by atoms with van der Waals surface area (Å²) in [5, 5.41) is 2.53. The van der Waals surface area contributed by atoms with Crippen LogP contribution in [0.2, 0.25) is 0 Å². The minimum Gasteiger partial charge on any atom is -0.496 e. The molecule has 152 valence electrons. The number of ether oxygens (including phenoxy) is 2. The van der Waals surface area contributed by atoms with Crippen LogP contribution in [0, 0.1) is 0 Å². The van der Waals surface area contributed by atoms with Crippen molar-refractivity contribution >= 4 is 48.9 Å². The molecule has 0 fully saturated rings. The average Bonchev–Trinajstić information content (AvgIpc) is 3.14. The number of sulfonamides is 1. The smallest absolute Gasteiger partial charge is 0.340 e. The number of methoxy groups -OCH3 is 1. The Labute approximate surface area is 180 Å². The first-order valence-corrected chi connectivity index (χ1v) is 11.9. The highest BCUT2D eigenvalue weighted by molar-refractivity contribution is 9.10. The number of halogens is 1. The molecule has 3 rings (SSSR count). The molecular formula is C19H17BrN2O5S2. The largest absolute Gasteiger partial charge is 0.496 e. The number of esters is 1. The zero-order valence-electron chi connectivity index (χ0n) is 15.5. The number of benzene rings is 2. The zero-order valence-corrected chi connectivity index (χ0v) is 18.7. The number of para-hydroxylation sites is 1. The van der Waals surface area contributed by atoms with Crippen LogP contribution in [0.3, 0.4) is 0 Å². The second-order valence-corrected chi connectivity index (χ2v) is 9.51. The number of aromatic nitrogens is 1. The van der Waals surface area contributed by atoms with Crippen LogP contribution in [-0.2, 0) is 21.4 Å². The van der Waals surface area contributed by atoms with Gasteiger partial charge in [-0.05, 0) is 30.3 Å². The van der Waals surface area contributed by atoms with Crippen LogP contribution in [0.25, 0.3) is 10.6 Å². The van der Waals surface area contributed by atoms with Crippen molar-refractivity contribution in [2.24, 2.45) is 0 Å². The van der Waals surface area contributed by atoms with Gasteiger partial charge >= 0.3 is 5.97 Å². The summed E-state index contributed by atoms with van der Waals surface area (Å²) >= 11 is 4.84. The molecule has 0 aliphatic heterocycles. The van der Waals surface area contributed by atoms with Crippen LogP contribution in [0.1, 0.15) is 16.1 Å². The van der Waals surface area contributed by atoms with Crippen molar-refractivity contribution < 1.29 is 22.7 Å². The first-order valence-electron chi connectivity index (χ1n) is 8.29. The van der Waals surface area contributed by atoms with Crippen LogP contribution in [0.5, 0.6) is 5.75 Å². The quantitative estimate of drug-likeness (QED) is 0.489. The lowest BCUT2D eigenvalue weighted by Crippen LogP contribution is -2.14. The van der Waals surface area contributed by atoms with Crippen molar-refractivity contribution in [3.63, 3.8) is 0 Å². The maximum Gasteiger partial charge on any atom is 0.340 e. The molecule has 2 aromatic carbocycles. The summed E-state index contributed by atoms with van der Waals surface area (Å²) < 4.78 is 36.9. The van der Waals surface area contributed by atoms with Gasteiger partial charge in [0.05, 0.1) is 35.9 Å². The van der Waals surface area contributed by atoms with Gasteiger partial charge in [-0.3, -0.25) is 4.72 Å². The number of hydrogen-bond acceptors (Lipinski definition) is 7. The van der Waals surface area contributed by atoms with E-state index in [0.717, 1.165) is 21.3 Å². The summed E-state index contributed by atoms with van der Waals surface area (Å²) in [4.78, 5) is 16.9. The predicted molar refractivity (Wildman–Crippen MR) is 116 cm³/mol. The molecule has 0 bridgehead atoms. The Kier molecular flexibility index (Phi) is 6.56. The van der Waals surface area contributed by atoms with E-state index in [4.69, 9.17) is 9.47 Å². The van der Waals surface area contributed by atoms with E-state index in [2.05, 4.69) is 25.6 Å². The van der Waals surface area contributed by atoms with Crippen molar-refractivity contribution in [2.45, 2.75) is 6.61 Å². The molecule has 29 heavy (non-hydrogen) atoms. The number of rotatable bonds is 7. The van der Waals surface area contributed by atoms with Gasteiger partial charge in [0.15, 0.2) is 0 Å². The topological polar surface area (TPSA) is 94.6 Å². The van der Waals surface area contributed by atoms with Gasteiger partial charge in [-0.1, -0.05) is 28.1 Å². The van der Waals surface area contributed by atoms with Gasteiger partial charge in [0, 0.05) is 9.85 Å². The molecule has 0 saturated carbocycles. The molecule has 0 unspecified atom stereocenters. The first kappa shape index (κ1) is 21.3. The van der Waals surface area contributed by atoms with Gasteiger partial charge in [0.1, 0.15) is 17.4 Å². The van der Waals surface area contributed by atoms with E-state index in [1.165, 1.54) is 23.5 Å². The maximum absolute atomic E-state index is 12.4. The highest BCUT2D eigenvalue weighted by atomic mass is 79.9. The standard InChI is InChI=1S/C19H17BrN2O5S2/c1-26-17-8-7-12(20)9-15(17)18-21-13(11-28-18)10-27-19(23)14-5-3-4-6-16(14)22-29(2,24)25/h3-9,11,22H,10H2,1-2H3. The summed E-state index contributed by atoms with van der Waals surface area (Å²) in [6.45, 7) is -0.0428. The Balaban J connectivity index is 1.74. The molecule has 0 aliphatic carbocycles. The third-order valence-electron chi connectivity index (χ3n) is 3.74. The lowest BCUT2D eigenvalue weighted by atomic mass is 10.2. The highest BCUT2D eigenvalue weighted by Crippen LogP contribution is 2.34. The summed E-state index contributed by atoms with van der Waals surface area (Å²) in [6, 6.07) is 11.9. The molecule has 0 amide bonds. The minimum absolute atomic E-state index is 0.0428. The fourth-order valence-electron chi connectivity index (χ4n) is 2.51. The molecule has 0 spiro atoms. The normalized spacial score (nSPS) is 11.1. The van der Waals surface area contributed by atoms with E-state index in [1.54, 1.807) is 24.6 Å². The number of nitrogens with one attached hydrogen (secondary N) is 1. The average molecular weight is 497 g/mol. The van der Waals surface area contributed by atoms with E-state index in [0.29, 0.717) is 11.4 Å². The molecule has 0 radical (unpaired) electrons. The molecule has 10 heteroatoms. The Bertz CT molecular complexity index is 1150. The van der Waals surface area contributed by atoms with Gasteiger partial charge in [-0.2, -0.15) is 0 Å². The SMILES string of the molecule is COc1ccc(Br)cc1-c1nc(COC(=O)c2ccccc2NS(C)(=O)=O)cs1. The lowest BCUT2D eigenvalue weighted by molar-refractivity contribution is 0.0470. The first-order chi connectivity index (χ1) is 13.8. The number of carbonyl (C=O) groups excluding carboxylic acids is 1. The monoisotopic (exact) mass is 496 g/mol. The van der Waals surface area contributed by atoms with E-state index in [9.17, 15) is 13.2 Å². The molecule has 3 aromatic rings. The van der Waals surface area contributed by atoms with Crippen LogP contribution >= 0.6 is 27.3 Å². The predicted octanol–water partition coefficient (Wildman–Crippen LogP) is 4.31. The van der Waals surface area contributed by atoms with Gasteiger partial charge in [0.25, 0.3) is 0 Å². The highest BCUT2D eigenvalue weighted by Gasteiger charge is 2.16. The summed E-state index contributed by atoms with van der Waals surface area (Å²) in [7, 11) is -1.93. The number of carbonyl (C=O) groups is 1. The molecular weight excluding hydrogens is 480 g/mol. The molecule has 1 aromatic heterocycles. The number of hydrogen-bond donors (Lipinski definition) is 1. The summed E-state index contributed by atoms with van der Waals surface area (Å²) in [5.41, 5.74) is 1.70. The molecule has 7 nitrogen and oxygen atoms in total. The van der Waals surface area contributed by atoms with Gasteiger partial charge in [-0.15, -0.1) is 11.3 Å². The van der Waals surface area contributed by atoms with Gasteiger partial charge in [0.2, 0.25) is 10.0 Å². The molecule has 0 saturated heterocycles. The van der Waals surface area contributed by atoms with Crippen molar-refractivity contribution in [3.05, 3.63) is 63.6 Å². The third-order valence-corrected chi connectivity index (χ3v) is 5.75. The van der Waals surface area contributed by atoms with Crippen LogP contribution in [0.4, 0.5) is 5.69 Å². The summed E-state index contributed by atoms with van der Waals surface area (Å²) in [5.74, 6) is 0.0400. The number of anilines is 1. The van der Waals surface area contributed by atoms with Crippen LogP contribution in [-0.4, -0.2) is 32.7 Å². The molecule has 1 N–H and O–H groups in total. The number of thiazole rings is 1. The fraction of sp³-hybridized carbons (Fsp3) is 0.158. The number of nitrogens with zero attached hydrogens (tertiary/aromatic N) is 1. The van der Waals surface area contributed by atoms with E-state index in [1.807, 2.05) is 18.2 Å². The Morgan fingerprint density at radius 2 is 2.00 bits per heavy atom. The van der Waals surface area contributed by atoms with E-state index >= 15 is 0 Å². The Hall–Kier alpha value is -2.43. The van der Waals surface area contributed by atoms with Crippen LogP contribution in [0.15, 0.2) is 52.3 Å². The van der Waals surface area contributed by atoms with E-state index in [-0.39, 0.29) is 17.9 Å². The fourth-order valence-corrected chi connectivity index (χ4v) is 4.27. The van der Waals surface area contributed by atoms with Gasteiger partial charge in [-0.25, -0.2) is 18.2 Å². The minimum atomic E-state index is -3.52. The molecule has 0 atom stereocenters. The Morgan fingerprint density at radius 3 is 2.72 bits per heavy atom. The van der Waals surface area contributed by atoms with Crippen molar-refractivity contribution in [2.75, 3.05) is 18.1 Å². The third kappa shape index (κ3) is 5.55. The molecule has 0 aliphatic rings.